The van der Waals surface area contributed by atoms with Gasteiger partial charge in [0.2, 0.25) is 0 Å². The van der Waals surface area contributed by atoms with Crippen molar-refractivity contribution >= 4 is 16.6 Å². The van der Waals surface area contributed by atoms with Gasteiger partial charge in [-0.1, -0.05) is 18.2 Å². The van der Waals surface area contributed by atoms with Gasteiger partial charge in [-0.15, -0.1) is 0 Å². The standard InChI is InChI=1S/C17H19F4N3/c1-12-3-2-4-13-14(5-6-22-15(12)13)24-9-7-23(8-10-24)11-17(20,21)16(18)19/h2-6,16H,7-11H2,1H3. The van der Waals surface area contributed by atoms with Gasteiger partial charge in [0.1, 0.15) is 0 Å². The van der Waals surface area contributed by atoms with E-state index in [0.29, 0.717) is 26.2 Å². The SMILES string of the molecule is Cc1cccc2c(N3CCN(CC(F)(F)C(F)F)CC3)ccnc12. The molecule has 1 aliphatic heterocycles. The molecular weight excluding hydrogens is 322 g/mol. The molecule has 0 radical (unpaired) electrons. The molecule has 1 aliphatic rings. The lowest BCUT2D eigenvalue weighted by Crippen LogP contribution is -2.51. The van der Waals surface area contributed by atoms with Crippen LogP contribution in [-0.2, 0) is 0 Å². The Morgan fingerprint density at radius 2 is 1.83 bits per heavy atom. The van der Waals surface area contributed by atoms with Crippen molar-refractivity contribution in [2.75, 3.05) is 37.6 Å². The van der Waals surface area contributed by atoms with Crippen molar-refractivity contribution in [3.63, 3.8) is 0 Å². The average Bonchev–Trinajstić information content (AvgIpc) is 2.55. The van der Waals surface area contributed by atoms with E-state index in [-0.39, 0.29) is 0 Å². The van der Waals surface area contributed by atoms with Crippen LogP contribution in [0.1, 0.15) is 5.56 Å². The number of hydrogen-bond donors (Lipinski definition) is 0. The zero-order chi connectivity index (χ0) is 17.3. The van der Waals surface area contributed by atoms with Gasteiger partial charge in [-0.2, -0.15) is 8.78 Å². The highest BCUT2D eigenvalue weighted by molar-refractivity contribution is 5.93. The van der Waals surface area contributed by atoms with E-state index in [4.69, 9.17) is 0 Å². The fourth-order valence-electron chi connectivity index (χ4n) is 3.10. The van der Waals surface area contributed by atoms with Crippen LogP contribution in [0.4, 0.5) is 23.2 Å². The van der Waals surface area contributed by atoms with Crippen LogP contribution in [0.3, 0.4) is 0 Å². The lowest BCUT2D eigenvalue weighted by atomic mass is 10.1. The fourth-order valence-corrected chi connectivity index (χ4v) is 3.10. The Morgan fingerprint density at radius 3 is 2.50 bits per heavy atom. The second-order valence-corrected chi connectivity index (χ2v) is 6.13. The first-order valence-corrected chi connectivity index (χ1v) is 7.86. The Bertz CT molecular complexity index is 712. The van der Waals surface area contributed by atoms with Crippen LogP contribution in [-0.4, -0.2) is 55.0 Å². The number of para-hydroxylation sites is 1. The van der Waals surface area contributed by atoms with Gasteiger partial charge in [0.05, 0.1) is 12.1 Å². The molecule has 0 amide bonds. The van der Waals surface area contributed by atoms with Crippen LogP contribution < -0.4 is 4.90 Å². The summed E-state index contributed by atoms with van der Waals surface area (Å²) in [6.45, 7) is 2.80. The Morgan fingerprint density at radius 1 is 1.12 bits per heavy atom. The van der Waals surface area contributed by atoms with Crippen LogP contribution in [0.2, 0.25) is 0 Å². The number of nitrogens with zero attached hydrogens (tertiary/aromatic N) is 3. The number of aryl methyl sites for hydroxylation is 1. The van der Waals surface area contributed by atoms with Crippen LogP contribution in [0.15, 0.2) is 30.5 Å². The van der Waals surface area contributed by atoms with E-state index < -0.39 is 18.9 Å². The molecule has 3 rings (SSSR count). The van der Waals surface area contributed by atoms with Crippen LogP contribution in [0.25, 0.3) is 10.9 Å². The molecule has 0 spiro atoms. The first-order chi connectivity index (χ1) is 11.4. The van der Waals surface area contributed by atoms with Gasteiger partial charge in [0, 0.05) is 43.4 Å². The van der Waals surface area contributed by atoms with Crippen molar-refractivity contribution in [1.29, 1.82) is 0 Å². The lowest BCUT2D eigenvalue weighted by Gasteiger charge is -2.37. The number of halogens is 4. The van der Waals surface area contributed by atoms with E-state index in [1.165, 1.54) is 4.90 Å². The number of alkyl halides is 4. The van der Waals surface area contributed by atoms with Gasteiger partial charge in [-0.25, -0.2) is 8.78 Å². The molecule has 0 atom stereocenters. The quantitative estimate of drug-likeness (QED) is 0.793. The summed E-state index contributed by atoms with van der Waals surface area (Å²) in [6.07, 6.45) is -1.88. The summed E-state index contributed by atoms with van der Waals surface area (Å²) < 4.78 is 51.0. The molecule has 24 heavy (non-hydrogen) atoms. The third-order valence-electron chi connectivity index (χ3n) is 4.42. The minimum absolute atomic E-state index is 0.331. The van der Waals surface area contributed by atoms with E-state index in [1.54, 1.807) is 6.20 Å². The number of aromatic nitrogens is 1. The molecule has 0 aliphatic carbocycles. The minimum atomic E-state index is -3.96. The summed E-state index contributed by atoms with van der Waals surface area (Å²) in [5, 5.41) is 1.02. The molecule has 0 N–H and O–H groups in total. The average molecular weight is 341 g/mol. The smallest absolute Gasteiger partial charge is 0.319 e. The summed E-state index contributed by atoms with van der Waals surface area (Å²) in [4.78, 5) is 7.90. The molecule has 1 saturated heterocycles. The molecule has 1 aromatic carbocycles. The molecule has 1 fully saturated rings. The van der Waals surface area contributed by atoms with Gasteiger partial charge in [-0.3, -0.25) is 9.88 Å². The minimum Gasteiger partial charge on any atom is -0.368 e. The van der Waals surface area contributed by atoms with Crippen LogP contribution in [0.5, 0.6) is 0 Å². The topological polar surface area (TPSA) is 19.4 Å². The van der Waals surface area contributed by atoms with Crippen LogP contribution in [0, 0.1) is 6.92 Å². The predicted octanol–water partition coefficient (Wildman–Crippen LogP) is 3.57. The van der Waals surface area contributed by atoms with E-state index >= 15 is 0 Å². The molecule has 130 valence electrons. The van der Waals surface area contributed by atoms with E-state index in [9.17, 15) is 17.6 Å². The van der Waals surface area contributed by atoms with Gasteiger partial charge in [0.25, 0.3) is 0 Å². The second kappa shape index (κ2) is 6.55. The number of pyridine rings is 1. The number of benzene rings is 1. The predicted molar refractivity (Wildman–Crippen MR) is 86.1 cm³/mol. The molecule has 1 aromatic heterocycles. The van der Waals surface area contributed by atoms with E-state index in [2.05, 4.69) is 9.88 Å². The molecule has 0 bridgehead atoms. The normalized spacial score (nSPS) is 17.0. The van der Waals surface area contributed by atoms with Gasteiger partial charge in [0.15, 0.2) is 0 Å². The Hall–Kier alpha value is -1.89. The molecule has 7 heteroatoms. The molecule has 0 unspecified atom stereocenters. The zero-order valence-corrected chi connectivity index (χ0v) is 13.4. The summed E-state index contributed by atoms with van der Waals surface area (Å²) >= 11 is 0. The highest BCUT2D eigenvalue weighted by atomic mass is 19.3. The summed E-state index contributed by atoms with van der Waals surface area (Å²) in [5.74, 6) is -3.96. The molecule has 2 heterocycles. The Balaban J connectivity index is 1.73. The van der Waals surface area contributed by atoms with E-state index in [0.717, 1.165) is 22.2 Å². The van der Waals surface area contributed by atoms with Gasteiger partial charge in [-0.05, 0) is 18.6 Å². The maximum atomic E-state index is 13.2. The molecule has 3 nitrogen and oxygen atoms in total. The molecule has 0 saturated carbocycles. The Labute approximate surface area is 137 Å². The largest absolute Gasteiger partial charge is 0.368 e. The number of hydrogen-bond acceptors (Lipinski definition) is 3. The van der Waals surface area contributed by atoms with Crippen molar-refractivity contribution in [1.82, 2.24) is 9.88 Å². The number of anilines is 1. The van der Waals surface area contributed by atoms with Crippen molar-refractivity contribution < 1.29 is 17.6 Å². The summed E-state index contributed by atoms with van der Waals surface area (Å²) in [7, 11) is 0. The molecule has 2 aromatic rings. The maximum absolute atomic E-state index is 13.2. The fraction of sp³-hybridized carbons (Fsp3) is 0.471. The van der Waals surface area contributed by atoms with Crippen molar-refractivity contribution in [2.45, 2.75) is 19.3 Å². The Kier molecular flexibility index (Phi) is 4.62. The lowest BCUT2D eigenvalue weighted by molar-refractivity contribution is -0.142. The van der Waals surface area contributed by atoms with Crippen LogP contribution >= 0.6 is 0 Å². The van der Waals surface area contributed by atoms with Crippen molar-refractivity contribution in [2.24, 2.45) is 0 Å². The zero-order valence-electron chi connectivity index (χ0n) is 13.4. The summed E-state index contributed by atoms with van der Waals surface area (Å²) in [5.41, 5.74) is 3.00. The number of fused-ring (bicyclic) bond motifs is 1. The number of rotatable bonds is 4. The monoisotopic (exact) mass is 341 g/mol. The highest BCUT2D eigenvalue weighted by Crippen LogP contribution is 2.29. The third-order valence-corrected chi connectivity index (χ3v) is 4.42. The van der Waals surface area contributed by atoms with Crippen molar-refractivity contribution in [3.8, 4) is 0 Å². The van der Waals surface area contributed by atoms with Crippen molar-refractivity contribution in [3.05, 3.63) is 36.0 Å². The van der Waals surface area contributed by atoms with E-state index in [1.807, 2.05) is 31.2 Å². The first kappa shape index (κ1) is 17.0. The second-order valence-electron chi connectivity index (χ2n) is 6.13. The van der Waals surface area contributed by atoms with Gasteiger partial charge < -0.3 is 4.90 Å². The number of piperazine rings is 1. The highest BCUT2D eigenvalue weighted by Gasteiger charge is 2.42. The maximum Gasteiger partial charge on any atom is 0.319 e. The summed E-state index contributed by atoms with van der Waals surface area (Å²) in [6, 6.07) is 7.85. The molecular formula is C17H19F4N3. The third kappa shape index (κ3) is 3.31. The first-order valence-electron chi connectivity index (χ1n) is 7.86. The van der Waals surface area contributed by atoms with Gasteiger partial charge >= 0.3 is 12.3 Å².